The van der Waals surface area contributed by atoms with Gasteiger partial charge in [0.2, 0.25) is 0 Å². The summed E-state index contributed by atoms with van der Waals surface area (Å²) in [5.74, 6) is -1.50. The lowest BCUT2D eigenvalue weighted by Crippen LogP contribution is -2.33. The number of nitrogens with zero attached hydrogens (tertiary/aromatic N) is 4. The fourth-order valence-electron chi connectivity index (χ4n) is 4.81. The van der Waals surface area contributed by atoms with Gasteiger partial charge in [-0.3, -0.25) is 9.59 Å². The average molecular weight is 539 g/mol. The zero-order valence-corrected chi connectivity index (χ0v) is 22.2. The smallest absolute Gasteiger partial charge is 0.295 e. The topological polar surface area (TPSA) is 78.2 Å². The van der Waals surface area contributed by atoms with Crippen molar-refractivity contribution < 1.29 is 14.7 Å². The van der Waals surface area contributed by atoms with Crippen LogP contribution in [0.3, 0.4) is 0 Å². The lowest BCUT2D eigenvalue weighted by molar-refractivity contribution is -0.140. The van der Waals surface area contributed by atoms with Crippen LogP contribution in [0.2, 0.25) is 0 Å². The highest BCUT2D eigenvalue weighted by Crippen LogP contribution is 2.40. The van der Waals surface area contributed by atoms with Crippen molar-refractivity contribution in [1.82, 2.24) is 19.2 Å². The van der Waals surface area contributed by atoms with Crippen LogP contribution < -0.4 is 0 Å². The van der Waals surface area contributed by atoms with Gasteiger partial charge in [-0.25, -0.2) is 4.98 Å². The van der Waals surface area contributed by atoms with Crippen molar-refractivity contribution >= 4 is 39.0 Å². The maximum Gasteiger partial charge on any atom is 0.295 e. The third-order valence-corrected chi connectivity index (χ3v) is 7.27. The third kappa shape index (κ3) is 4.65. The number of amides is 1. The molecule has 0 aliphatic carbocycles. The summed E-state index contributed by atoms with van der Waals surface area (Å²) >= 11 is 3.51. The van der Waals surface area contributed by atoms with Crippen LogP contribution >= 0.6 is 15.9 Å². The van der Waals surface area contributed by atoms with E-state index >= 15 is 0 Å². The molecular weight excluding hydrogens is 508 g/mol. The van der Waals surface area contributed by atoms with E-state index in [2.05, 4.69) is 39.7 Å². The van der Waals surface area contributed by atoms with E-state index in [1.165, 1.54) is 0 Å². The van der Waals surface area contributed by atoms with Crippen molar-refractivity contribution in [2.75, 3.05) is 26.2 Å². The number of fused-ring (bicyclic) bond motifs is 1. The molecule has 184 valence electrons. The minimum absolute atomic E-state index is 0.0834. The second kappa shape index (κ2) is 10.3. The van der Waals surface area contributed by atoms with Crippen LogP contribution in [0.25, 0.3) is 11.4 Å². The van der Waals surface area contributed by atoms with Crippen molar-refractivity contribution in [2.24, 2.45) is 0 Å². The third-order valence-electron chi connectivity index (χ3n) is 6.78. The van der Waals surface area contributed by atoms with Crippen LogP contribution in [0.5, 0.6) is 0 Å². The number of Topliss-reactive ketones (excluding diaryl/α,β-unsaturated/α-hetero) is 1. The normalized spacial score (nSPS) is 17.8. The van der Waals surface area contributed by atoms with Gasteiger partial charge in [0.1, 0.15) is 11.3 Å². The van der Waals surface area contributed by atoms with Crippen molar-refractivity contribution in [3.63, 3.8) is 0 Å². The van der Waals surface area contributed by atoms with Crippen LogP contribution in [0.1, 0.15) is 48.8 Å². The Morgan fingerprint density at radius 1 is 1.14 bits per heavy atom. The van der Waals surface area contributed by atoms with Crippen molar-refractivity contribution in [3.05, 3.63) is 75.2 Å². The van der Waals surface area contributed by atoms with E-state index in [-0.39, 0.29) is 11.3 Å². The van der Waals surface area contributed by atoms with Gasteiger partial charge in [0, 0.05) is 17.2 Å². The van der Waals surface area contributed by atoms with Gasteiger partial charge in [-0.2, -0.15) is 0 Å². The Morgan fingerprint density at radius 2 is 1.89 bits per heavy atom. The molecule has 0 spiro atoms. The Hall–Kier alpha value is -2.97. The predicted molar refractivity (Wildman–Crippen MR) is 140 cm³/mol. The maximum atomic E-state index is 13.3. The number of halogens is 1. The van der Waals surface area contributed by atoms with Crippen LogP contribution in [-0.2, 0) is 9.59 Å². The van der Waals surface area contributed by atoms with Gasteiger partial charge in [0.05, 0.1) is 17.3 Å². The summed E-state index contributed by atoms with van der Waals surface area (Å²) < 4.78 is 2.72. The molecule has 1 fully saturated rings. The van der Waals surface area contributed by atoms with Crippen LogP contribution in [0.4, 0.5) is 0 Å². The summed E-state index contributed by atoms with van der Waals surface area (Å²) in [6.07, 6.45) is 2.60. The molecule has 1 unspecified atom stereocenters. The van der Waals surface area contributed by atoms with Gasteiger partial charge in [0.25, 0.3) is 11.7 Å². The molecular formula is C27H31BrN4O3. The van der Waals surface area contributed by atoms with Gasteiger partial charge < -0.3 is 19.3 Å². The molecule has 0 radical (unpaired) electrons. The number of pyridine rings is 1. The first-order valence-corrected chi connectivity index (χ1v) is 12.8. The number of hydrogen-bond donors (Lipinski definition) is 1. The molecule has 0 bridgehead atoms. The largest absolute Gasteiger partial charge is 0.505 e. The van der Waals surface area contributed by atoms with Gasteiger partial charge in [-0.15, -0.1) is 0 Å². The molecule has 1 aromatic carbocycles. The number of benzene rings is 1. The molecule has 8 heteroatoms. The van der Waals surface area contributed by atoms with E-state index in [1.54, 1.807) is 4.90 Å². The number of aromatic nitrogens is 2. The minimum Gasteiger partial charge on any atom is -0.505 e. The van der Waals surface area contributed by atoms with E-state index in [4.69, 9.17) is 0 Å². The number of carbonyl (C=O) groups excluding carboxylic acids is 2. The number of aliphatic hydroxyl groups excluding tert-OH is 1. The van der Waals surface area contributed by atoms with Crippen LogP contribution in [0, 0.1) is 13.8 Å². The summed E-state index contributed by atoms with van der Waals surface area (Å²) in [5.41, 5.74) is 3.54. The Morgan fingerprint density at radius 3 is 2.54 bits per heavy atom. The maximum absolute atomic E-state index is 13.3. The average Bonchev–Trinajstić information content (AvgIpc) is 3.31. The molecule has 0 saturated carbocycles. The molecule has 3 aromatic rings. The van der Waals surface area contributed by atoms with Crippen molar-refractivity contribution in [3.8, 4) is 0 Å². The number of aliphatic hydroxyl groups is 1. The van der Waals surface area contributed by atoms with Crippen molar-refractivity contribution in [1.29, 1.82) is 0 Å². The fraction of sp³-hybridized carbons (Fsp3) is 0.370. The monoisotopic (exact) mass is 538 g/mol. The van der Waals surface area contributed by atoms with Gasteiger partial charge in [0.15, 0.2) is 5.76 Å². The number of carbonyl (C=O) groups is 2. The first-order chi connectivity index (χ1) is 16.8. The molecule has 7 nitrogen and oxygen atoms in total. The molecule has 1 atom stereocenters. The first kappa shape index (κ1) is 25.1. The highest BCUT2D eigenvalue weighted by Gasteiger charge is 2.46. The highest BCUT2D eigenvalue weighted by molar-refractivity contribution is 9.10. The summed E-state index contributed by atoms with van der Waals surface area (Å²) in [7, 11) is 0. The van der Waals surface area contributed by atoms with Crippen LogP contribution in [-0.4, -0.2) is 62.2 Å². The molecule has 1 amide bonds. The highest BCUT2D eigenvalue weighted by atomic mass is 79.9. The number of aryl methyl sites for hydroxylation is 2. The number of rotatable bonds is 8. The van der Waals surface area contributed by atoms with Gasteiger partial charge >= 0.3 is 0 Å². The number of imidazole rings is 1. The van der Waals surface area contributed by atoms with E-state index in [9.17, 15) is 14.7 Å². The second-order valence-electron chi connectivity index (χ2n) is 8.86. The molecule has 3 heterocycles. The molecule has 1 saturated heterocycles. The van der Waals surface area contributed by atoms with Gasteiger partial charge in [-0.1, -0.05) is 48.0 Å². The number of ketones is 1. The summed E-state index contributed by atoms with van der Waals surface area (Å²) in [6, 6.07) is 10.7. The number of hydrogen-bond acceptors (Lipinski definition) is 5. The first-order valence-electron chi connectivity index (χ1n) is 12.0. The van der Waals surface area contributed by atoms with E-state index in [1.807, 2.05) is 60.8 Å². The molecule has 4 rings (SSSR count). The number of likely N-dealkylation sites (tertiary alicyclic amines) is 1. The zero-order valence-electron chi connectivity index (χ0n) is 20.6. The van der Waals surface area contributed by atoms with E-state index < -0.39 is 17.7 Å². The van der Waals surface area contributed by atoms with E-state index in [0.717, 1.165) is 41.7 Å². The minimum atomic E-state index is -0.686. The Labute approximate surface area is 214 Å². The summed E-state index contributed by atoms with van der Waals surface area (Å²) in [4.78, 5) is 35.1. The Bertz CT molecular complexity index is 1310. The molecule has 1 N–H and O–H groups in total. The molecule has 35 heavy (non-hydrogen) atoms. The quantitative estimate of drug-likeness (QED) is 0.251. The summed E-state index contributed by atoms with van der Waals surface area (Å²) in [6.45, 7) is 11.1. The molecule has 1 aliphatic rings. The lowest BCUT2D eigenvalue weighted by atomic mass is 9.96. The van der Waals surface area contributed by atoms with Crippen molar-refractivity contribution in [2.45, 2.75) is 40.2 Å². The second-order valence-corrected chi connectivity index (χ2v) is 9.77. The zero-order chi connectivity index (χ0) is 25.3. The summed E-state index contributed by atoms with van der Waals surface area (Å²) in [5, 5.41) is 11.5. The Kier molecular flexibility index (Phi) is 7.42. The standard InChI is InChI=1S/C27H31BrN4O3/c1-5-30(6-2)13-9-15-32-23(19-11-7-12-20(28)16-19)21(25(34)27(32)35)24(33)22-18(4)31-14-8-10-17(3)26(31)29-22/h7-8,10-12,14,16,23,33H,5-6,9,13,15H2,1-4H3. The lowest BCUT2D eigenvalue weighted by Gasteiger charge is -2.26. The fourth-order valence-corrected chi connectivity index (χ4v) is 5.23. The Balaban J connectivity index is 1.82. The van der Waals surface area contributed by atoms with Crippen LogP contribution in [0.15, 0.2) is 52.6 Å². The molecule has 2 aromatic heterocycles. The SMILES string of the molecule is CCN(CC)CCCN1C(=O)C(=O)C(=C(O)c2nc3c(C)cccn3c2C)C1c1cccc(Br)c1. The van der Waals surface area contributed by atoms with Gasteiger partial charge in [-0.05, 0) is 69.2 Å². The predicted octanol–water partition coefficient (Wildman–Crippen LogP) is 4.87. The molecule has 1 aliphatic heterocycles. The van der Waals surface area contributed by atoms with E-state index in [0.29, 0.717) is 23.6 Å².